The van der Waals surface area contributed by atoms with Gasteiger partial charge in [-0.25, -0.2) is 4.39 Å². The predicted octanol–water partition coefficient (Wildman–Crippen LogP) is 4.38. The molecule has 1 heterocycles. The second-order valence-corrected chi connectivity index (χ2v) is 5.13. The zero-order chi connectivity index (χ0) is 11.5. The Labute approximate surface area is 106 Å². The van der Waals surface area contributed by atoms with Crippen LogP contribution in [0.15, 0.2) is 35.7 Å². The monoisotopic (exact) mass is 300 g/mol. The van der Waals surface area contributed by atoms with Crippen molar-refractivity contribution in [1.29, 1.82) is 0 Å². The molecule has 1 unspecified atom stereocenters. The Hall–Kier alpha value is -0.870. The van der Waals surface area contributed by atoms with Crippen LogP contribution in [-0.2, 0) is 0 Å². The molecule has 2 rings (SSSR count). The molecule has 0 aliphatic carbocycles. The Kier molecular flexibility index (Phi) is 3.61. The highest BCUT2D eigenvalue weighted by molar-refractivity contribution is 9.09. The van der Waals surface area contributed by atoms with E-state index in [4.69, 9.17) is 4.74 Å². The molecule has 16 heavy (non-hydrogen) atoms. The zero-order valence-electron chi connectivity index (χ0n) is 8.61. The average Bonchev–Trinajstić information content (AvgIpc) is 2.77. The van der Waals surface area contributed by atoms with E-state index >= 15 is 0 Å². The number of thiophene rings is 1. The van der Waals surface area contributed by atoms with Crippen molar-refractivity contribution in [3.8, 4) is 5.75 Å². The van der Waals surface area contributed by atoms with Crippen LogP contribution in [-0.4, -0.2) is 7.11 Å². The number of benzene rings is 1. The molecule has 4 heteroatoms. The summed E-state index contributed by atoms with van der Waals surface area (Å²) in [6.45, 7) is 0. The van der Waals surface area contributed by atoms with Gasteiger partial charge in [0.25, 0.3) is 0 Å². The number of hydrogen-bond donors (Lipinski definition) is 0. The van der Waals surface area contributed by atoms with E-state index in [1.165, 1.54) is 12.1 Å². The molecule has 2 aromatic rings. The molecule has 0 fully saturated rings. The molecule has 0 radical (unpaired) electrons. The van der Waals surface area contributed by atoms with Gasteiger partial charge in [0.1, 0.15) is 11.6 Å². The number of rotatable bonds is 3. The molecule has 0 saturated heterocycles. The van der Waals surface area contributed by atoms with Gasteiger partial charge in [0.15, 0.2) is 0 Å². The van der Waals surface area contributed by atoms with Gasteiger partial charge in [-0.15, -0.1) is 11.3 Å². The van der Waals surface area contributed by atoms with Gasteiger partial charge in [0.05, 0.1) is 16.8 Å². The van der Waals surface area contributed by atoms with Crippen molar-refractivity contribution < 1.29 is 9.13 Å². The lowest BCUT2D eigenvalue weighted by Gasteiger charge is -2.10. The smallest absolute Gasteiger partial charge is 0.134 e. The third-order valence-electron chi connectivity index (χ3n) is 2.27. The largest absolute Gasteiger partial charge is 0.496 e. The van der Waals surface area contributed by atoms with Gasteiger partial charge in [0, 0.05) is 0 Å². The fourth-order valence-electron chi connectivity index (χ4n) is 1.45. The van der Waals surface area contributed by atoms with Crippen LogP contribution >= 0.6 is 27.3 Å². The van der Waals surface area contributed by atoms with Gasteiger partial charge in [-0.05, 0) is 29.1 Å². The maximum absolute atomic E-state index is 12.8. The van der Waals surface area contributed by atoms with E-state index in [1.54, 1.807) is 30.6 Å². The van der Waals surface area contributed by atoms with Crippen molar-refractivity contribution in [2.45, 2.75) is 4.83 Å². The fourth-order valence-corrected chi connectivity index (χ4v) is 3.16. The summed E-state index contributed by atoms with van der Waals surface area (Å²) in [5.74, 6) is 0.637. The normalized spacial score (nSPS) is 12.4. The molecule has 1 aromatic carbocycles. The molecule has 1 nitrogen and oxygen atoms in total. The third-order valence-corrected chi connectivity index (χ3v) is 4.52. The maximum atomic E-state index is 12.8. The van der Waals surface area contributed by atoms with Crippen LogP contribution in [0.2, 0.25) is 0 Å². The molecule has 1 aromatic heterocycles. The van der Waals surface area contributed by atoms with Crippen molar-refractivity contribution in [3.05, 3.63) is 52.0 Å². The molecule has 0 saturated carbocycles. The van der Waals surface area contributed by atoms with E-state index < -0.39 is 0 Å². The summed E-state index contributed by atoms with van der Waals surface area (Å²) < 4.78 is 18.1. The molecule has 0 bridgehead atoms. The lowest BCUT2D eigenvalue weighted by atomic mass is 10.1. The average molecular weight is 301 g/mol. The topological polar surface area (TPSA) is 9.23 Å². The Morgan fingerprint density at radius 2 is 1.94 bits per heavy atom. The summed E-state index contributed by atoms with van der Waals surface area (Å²) in [5.41, 5.74) is 1.02. The third kappa shape index (κ3) is 2.28. The Balaban J connectivity index is 2.31. The molecule has 0 aliphatic rings. The molecular formula is C12H10BrFOS. The van der Waals surface area contributed by atoms with Crippen LogP contribution in [0.3, 0.4) is 0 Å². The van der Waals surface area contributed by atoms with Crippen molar-refractivity contribution in [2.24, 2.45) is 0 Å². The quantitative estimate of drug-likeness (QED) is 0.764. The summed E-state index contributed by atoms with van der Waals surface area (Å²) >= 11 is 5.21. The number of alkyl halides is 1. The highest BCUT2D eigenvalue weighted by Crippen LogP contribution is 2.40. The predicted molar refractivity (Wildman–Crippen MR) is 68.0 cm³/mol. The van der Waals surface area contributed by atoms with E-state index in [2.05, 4.69) is 15.9 Å². The minimum atomic E-state index is -0.221. The van der Waals surface area contributed by atoms with Crippen molar-refractivity contribution in [1.82, 2.24) is 0 Å². The summed E-state index contributed by atoms with van der Waals surface area (Å²) in [4.78, 5) is 1.14. The lowest BCUT2D eigenvalue weighted by molar-refractivity contribution is 0.413. The van der Waals surface area contributed by atoms with Crippen LogP contribution in [0.25, 0.3) is 0 Å². The van der Waals surface area contributed by atoms with Gasteiger partial charge >= 0.3 is 0 Å². The number of halogens is 2. The van der Waals surface area contributed by atoms with Crippen molar-refractivity contribution in [3.63, 3.8) is 0 Å². The second-order valence-electron chi connectivity index (χ2n) is 3.27. The van der Waals surface area contributed by atoms with Crippen LogP contribution in [0.5, 0.6) is 5.75 Å². The van der Waals surface area contributed by atoms with Crippen LogP contribution in [0, 0.1) is 5.82 Å². The zero-order valence-corrected chi connectivity index (χ0v) is 11.0. The van der Waals surface area contributed by atoms with Crippen molar-refractivity contribution >= 4 is 27.3 Å². The summed E-state index contributed by atoms with van der Waals surface area (Å²) in [7, 11) is 1.65. The summed E-state index contributed by atoms with van der Waals surface area (Å²) in [6, 6.07) is 8.40. The molecule has 0 N–H and O–H groups in total. The van der Waals surface area contributed by atoms with E-state index in [0.29, 0.717) is 0 Å². The fraction of sp³-hybridized carbons (Fsp3) is 0.167. The summed E-state index contributed by atoms with van der Waals surface area (Å²) in [6.07, 6.45) is 0. The van der Waals surface area contributed by atoms with E-state index in [9.17, 15) is 4.39 Å². The molecular weight excluding hydrogens is 291 g/mol. The molecule has 1 atom stereocenters. The maximum Gasteiger partial charge on any atom is 0.134 e. The molecule has 84 valence electrons. The molecule has 0 amide bonds. The van der Waals surface area contributed by atoms with Crippen LogP contribution < -0.4 is 4.74 Å². The van der Waals surface area contributed by atoms with E-state index in [0.717, 1.165) is 16.2 Å². The van der Waals surface area contributed by atoms with Gasteiger partial charge in [-0.2, -0.15) is 0 Å². The first-order valence-electron chi connectivity index (χ1n) is 4.73. The molecule has 0 spiro atoms. The first-order chi connectivity index (χ1) is 7.72. The Morgan fingerprint density at radius 3 is 2.56 bits per heavy atom. The Morgan fingerprint density at radius 1 is 1.25 bits per heavy atom. The first-order valence-corrected chi connectivity index (χ1v) is 6.53. The minimum absolute atomic E-state index is 0.0445. The van der Waals surface area contributed by atoms with Gasteiger partial charge in [0.2, 0.25) is 0 Å². The van der Waals surface area contributed by atoms with Crippen molar-refractivity contribution in [2.75, 3.05) is 7.11 Å². The standard InChI is InChI=1S/C12H10BrFOS/c1-15-10-6-7-16-12(10)11(13)8-2-4-9(14)5-3-8/h2-7,11H,1H3. The lowest BCUT2D eigenvalue weighted by Crippen LogP contribution is -1.93. The van der Waals surface area contributed by atoms with Crippen LogP contribution in [0.1, 0.15) is 15.3 Å². The van der Waals surface area contributed by atoms with E-state index in [-0.39, 0.29) is 10.6 Å². The highest BCUT2D eigenvalue weighted by atomic mass is 79.9. The number of hydrogen-bond acceptors (Lipinski definition) is 2. The Bertz CT molecular complexity index is 466. The van der Waals surface area contributed by atoms with E-state index in [1.807, 2.05) is 11.4 Å². The first kappa shape index (κ1) is 11.6. The second kappa shape index (κ2) is 4.97. The number of methoxy groups -OCH3 is 1. The van der Waals surface area contributed by atoms with Gasteiger partial charge in [-0.3, -0.25) is 0 Å². The number of ether oxygens (including phenoxy) is 1. The van der Waals surface area contributed by atoms with Crippen LogP contribution in [0.4, 0.5) is 4.39 Å². The minimum Gasteiger partial charge on any atom is -0.496 e. The van der Waals surface area contributed by atoms with Gasteiger partial charge in [-0.1, -0.05) is 28.1 Å². The van der Waals surface area contributed by atoms with Gasteiger partial charge < -0.3 is 4.74 Å². The summed E-state index contributed by atoms with van der Waals surface area (Å²) in [5, 5.41) is 1.98. The SMILES string of the molecule is COc1ccsc1C(Br)c1ccc(F)cc1. The molecule has 0 aliphatic heterocycles. The highest BCUT2D eigenvalue weighted by Gasteiger charge is 2.16.